The average molecular weight is 357 g/mol. The maximum Gasteiger partial charge on any atom is 0.251 e. The molecule has 2 heterocycles. The fourth-order valence-electron chi connectivity index (χ4n) is 2.71. The number of fused-ring (bicyclic) bond motifs is 1. The number of thioether (sulfide) groups is 1. The fourth-order valence-corrected chi connectivity index (χ4v) is 3.50. The molecule has 0 fully saturated rings. The number of aromatic amines is 1. The monoisotopic (exact) mass is 357 g/mol. The first-order chi connectivity index (χ1) is 12.0. The van der Waals surface area contributed by atoms with Gasteiger partial charge in [-0.05, 0) is 36.6 Å². The van der Waals surface area contributed by atoms with Crippen molar-refractivity contribution in [3.05, 3.63) is 51.4 Å². The van der Waals surface area contributed by atoms with Crippen molar-refractivity contribution in [1.82, 2.24) is 9.97 Å². The van der Waals surface area contributed by atoms with Crippen LogP contribution in [0.3, 0.4) is 0 Å². The van der Waals surface area contributed by atoms with Gasteiger partial charge in [-0.1, -0.05) is 25.1 Å². The Morgan fingerprint density at radius 1 is 1.24 bits per heavy atom. The first-order valence-electron chi connectivity index (χ1n) is 8.24. The van der Waals surface area contributed by atoms with Gasteiger partial charge in [-0.25, -0.2) is 4.98 Å². The van der Waals surface area contributed by atoms with Crippen molar-refractivity contribution in [3.63, 3.8) is 0 Å². The Balaban J connectivity index is 1.69. The highest BCUT2D eigenvalue weighted by molar-refractivity contribution is 7.99. The standard InChI is InChI=1S/C18H19N3O3S/c1-2-3-13-9-17(24)21-18(19-13)25-10-15(22)12-4-6-14-11(8-12)5-7-16(23)20-14/h4,6,8-9H,2-3,5,7,10H2,1H3,(H,20,23)(H,19,21,24). The van der Waals surface area contributed by atoms with Crippen LogP contribution >= 0.6 is 11.8 Å². The van der Waals surface area contributed by atoms with E-state index in [4.69, 9.17) is 0 Å². The number of carbonyl (C=O) groups excluding carboxylic acids is 2. The largest absolute Gasteiger partial charge is 0.326 e. The van der Waals surface area contributed by atoms with Gasteiger partial charge in [0.15, 0.2) is 10.9 Å². The van der Waals surface area contributed by atoms with E-state index < -0.39 is 0 Å². The number of nitrogens with zero attached hydrogens (tertiary/aromatic N) is 1. The maximum atomic E-state index is 12.4. The number of carbonyl (C=O) groups is 2. The molecule has 7 heteroatoms. The van der Waals surface area contributed by atoms with Gasteiger partial charge in [0.25, 0.3) is 5.56 Å². The van der Waals surface area contributed by atoms with Crippen LogP contribution in [0.2, 0.25) is 0 Å². The van der Waals surface area contributed by atoms with Crippen molar-refractivity contribution in [2.45, 2.75) is 37.8 Å². The molecular formula is C18H19N3O3S. The van der Waals surface area contributed by atoms with Crippen LogP contribution in [0.25, 0.3) is 0 Å². The molecule has 6 nitrogen and oxygen atoms in total. The molecule has 1 aromatic heterocycles. The SMILES string of the molecule is CCCc1cc(=O)[nH]c(SCC(=O)c2ccc3c(c2)CCC(=O)N3)n1. The molecule has 0 atom stereocenters. The summed E-state index contributed by atoms with van der Waals surface area (Å²) in [5.41, 5.74) is 2.91. The smallest absolute Gasteiger partial charge is 0.251 e. The number of Topliss-reactive ketones (excluding diaryl/α,β-unsaturated/α-hetero) is 1. The minimum atomic E-state index is -0.196. The van der Waals surface area contributed by atoms with Crippen molar-refractivity contribution < 1.29 is 9.59 Å². The predicted molar refractivity (Wildman–Crippen MR) is 97.3 cm³/mol. The summed E-state index contributed by atoms with van der Waals surface area (Å²) in [5.74, 6) is 0.168. The molecule has 0 radical (unpaired) electrons. The molecular weight excluding hydrogens is 338 g/mol. The molecule has 0 saturated heterocycles. The second-order valence-electron chi connectivity index (χ2n) is 5.92. The third-order valence-corrected chi connectivity index (χ3v) is 4.82. The Morgan fingerprint density at radius 2 is 2.08 bits per heavy atom. The number of hydrogen-bond donors (Lipinski definition) is 2. The second-order valence-corrected chi connectivity index (χ2v) is 6.89. The number of ketones is 1. The van der Waals surface area contributed by atoms with Gasteiger partial charge in [0, 0.05) is 29.4 Å². The Morgan fingerprint density at radius 3 is 2.88 bits per heavy atom. The first kappa shape index (κ1) is 17.4. The molecule has 0 unspecified atom stereocenters. The number of benzene rings is 1. The Bertz CT molecular complexity index is 876. The third kappa shape index (κ3) is 4.36. The average Bonchev–Trinajstić information content (AvgIpc) is 2.59. The number of aromatic nitrogens is 2. The molecule has 2 N–H and O–H groups in total. The van der Waals surface area contributed by atoms with Gasteiger partial charge in [-0.3, -0.25) is 14.4 Å². The molecule has 25 heavy (non-hydrogen) atoms. The summed E-state index contributed by atoms with van der Waals surface area (Å²) in [6.07, 6.45) is 2.73. The van der Waals surface area contributed by atoms with Crippen LogP contribution in [-0.4, -0.2) is 27.4 Å². The number of amides is 1. The minimum absolute atomic E-state index is 0.00382. The van der Waals surface area contributed by atoms with Crippen LogP contribution < -0.4 is 10.9 Å². The van der Waals surface area contributed by atoms with Gasteiger partial charge in [0.1, 0.15) is 0 Å². The molecule has 0 saturated carbocycles. The van der Waals surface area contributed by atoms with Crippen molar-refractivity contribution in [2.24, 2.45) is 0 Å². The molecule has 0 aliphatic carbocycles. The molecule has 1 aliphatic heterocycles. The number of aryl methyl sites for hydroxylation is 2. The van der Waals surface area contributed by atoms with Crippen LogP contribution in [0.5, 0.6) is 0 Å². The van der Waals surface area contributed by atoms with Crippen LogP contribution in [0, 0.1) is 0 Å². The van der Waals surface area contributed by atoms with E-state index in [1.165, 1.54) is 17.8 Å². The molecule has 1 aromatic carbocycles. The van der Waals surface area contributed by atoms with Crippen LogP contribution in [0.1, 0.15) is 41.4 Å². The van der Waals surface area contributed by atoms with Crippen LogP contribution in [0.4, 0.5) is 5.69 Å². The van der Waals surface area contributed by atoms with E-state index in [1.807, 2.05) is 13.0 Å². The summed E-state index contributed by atoms with van der Waals surface area (Å²) in [6.45, 7) is 2.03. The number of nitrogens with one attached hydrogen (secondary N) is 2. The van der Waals surface area contributed by atoms with E-state index in [-0.39, 0.29) is 23.0 Å². The predicted octanol–water partition coefficient (Wildman–Crippen LogP) is 2.58. The molecule has 1 aliphatic rings. The van der Waals surface area contributed by atoms with Gasteiger partial charge < -0.3 is 10.3 Å². The van der Waals surface area contributed by atoms with E-state index in [0.717, 1.165) is 29.8 Å². The van der Waals surface area contributed by atoms with Gasteiger partial charge in [-0.2, -0.15) is 0 Å². The summed E-state index contributed by atoms with van der Waals surface area (Å²) >= 11 is 1.23. The zero-order valence-corrected chi connectivity index (χ0v) is 14.7. The van der Waals surface area contributed by atoms with Gasteiger partial charge in [-0.15, -0.1) is 0 Å². The van der Waals surface area contributed by atoms with Gasteiger partial charge in [0.2, 0.25) is 5.91 Å². The quantitative estimate of drug-likeness (QED) is 0.471. The summed E-state index contributed by atoms with van der Waals surface area (Å²) < 4.78 is 0. The normalized spacial score (nSPS) is 13.2. The minimum Gasteiger partial charge on any atom is -0.326 e. The van der Waals surface area contributed by atoms with Crippen LogP contribution in [-0.2, 0) is 17.6 Å². The van der Waals surface area contributed by atoms with E-state index in [1.54, 1.807) is 12.1 Å². The lowest BCUT2D eigenvalue weighted by Gasteiger charge is -2.17. The lowest BCUT2D eigenvalue weighted by molar-refractivity contribution is -0.116. The summed E-state index contributed by atoms with van der Waals surface area (Å²) in [5, 5.41) is 3.27. The lowest BCUT2D eigenvalue weighted by atomic mass is 9.99. The van der Waals surface area contributed by atoms with Crippen molar-refractivity contribution in [1.29, 1.82) is 0 Å². The Labute approximate surface area is 149 Å². The second kappa shape index (κ2) is 7.65. The Kier molecular flexibility index (Phi) is 5.33. The number of hydrogen-bond acceptors (Lipinski definition) is 5. The summed E-state index contributed by atoms with van der Waals surface area (Å²) in [6, 6.07) is 6.82. The molecule has 0 bridgehead atoms. The Hall–Kier alpha value is -2.41. The van der Waals surface area contributed by atoms with Crippen LogP contribution in [0.15, 0.2) is 34.2 Å². The van der Waals surface area contributed by atoms with Gasteiger partial charge in [0.05, 0.1) is 5.75 Å². The van der Waals surface area contributed by atoms with Gasteiger partial charge >= 0.3 is 0 Å². The first-order valence-corrected chi connectivity index (χ1v) is 9.22. The third-order valence-electron chi connectivity index (χ3n) is 3.94. The molecule has 1 amide bonds. The molecule has 3 rings (SSSR count). The maximum absolute atomic E-state index is 12.4. The van der Waals surface area contributed by atoms with E-state index in [2.05, 4.69) is 15.3 Å². The number of rotatable bonds is 6. The zero-order chi connectivity index (χ0) is 17.8. The van der Waals surface area contributed by atoms with E-state index >= 15 is 0 Å². The van der Waals surface area contributed by atoms with Crippen molar-refractivity contribution in [3.8, 4) is 0 Å². The van der Waals surface area contributed by atoms with E-state index in [9.17, 15) is 14.4 Å². The molecule has 2 aromatic rings. The molecule has 130 valence electrons. The number of anilines is 1. The summed E-state index contributed by atoms with van der Waals surface area (Å²) in [7, 11) is 0. The summed E-state index contributed by atoms with van der Waals surface area (Å²) in [4.78, 5) is 42.5. The topological polar surface area (TPSA) is 91.9 Å². The highest BCUT2D eigenvalue weighted by Crippen LogP contribution is 2.24. The highest BCUT2D eigenvalue weighted by Gasteiger charge is 2.17. The molecule has 0 spiro atoms. The highest BCUT2D eigenvalue weighted by atomic mass is 32.2. The number of H-pyrrole nitrogens is 1. The zero-order valence-electron chi connectivity index (χ0n) is 13.9. The van der Waals surface area contributed by atoms with E-state index in [0.29, 0.717) is 23.6 Å². The van der Waals surface area contributed by atoms with Crippen molar-refractivity contribution in [2.75, 3.05) is 11.1 Å². The lowest BCUT2D eigenvalue weighted by Crippen LogP contribution is -2.19. The fraction of sp³-hybridized carbons (Fsp3) is 0.333. The van der Waals surface area contributed by atoms with Crippen molar-refractivity contribution >= 4 is 29.1 Å².